The first-order valence-corrected chi connectivity index (χ1v) is 5.93. The van der Waals surface area contributed by atoms with E-state index in [4.69, 9.17) is 14.2 Å². The van der Waals surface area contributed by atoms with Gasteiger partial charge in [-0.3, -0.25) is 0 Å². The third kappa shape index (κ3) is 5.29. The van der Waals surface area contributed by atoms with E-state index in [1.165, 1.54) is 0 Å². The Morgan fingerprint density at radius 3 is 2.42 bits per heavy atom. The van der Waals surface area contributed by atoms with E-state index in [1.54, 1.807) is 25.1 Å². The summed E-state index contributed by atoms with van der Waals surface area (Å²) in [5, 5.41) is 0. The van der Waals surface area contributed by atoms with Crippen molar-refractivity contribution in [2.24, 2.45) is 0 Å². The molecule has 1 rings (SSSR count). The van der Waals surface area contributed by atoms with Crippen molar-refractivity contribution in [3.63, 3.8) is 0 Å². The summed E-state index contributed by atoms with van der Waals surface area (Å²) >= 11 is 0. The Kier molecular flexibility index (Phi) is 6.22. The van der Waals surface area contributed by atoms with Gasteiger partial charge in [-0.25, -0.2) is 4.79 Å². The van der Waals surface area contributed by atoms with E-state index < -0.39 is 5.97 Å². The van der Waals surface area contributed by atoms with Gasteiger partial charge in [0.25, 0.3) is 0 Å². The highest BCUT2D eigenvalue weighted by atomic mass is 16.6. The molecule has 0 saturated heterocycles. The molecule has 0 bridgehead atoms. The minimum absolute atomic E-state index is 0.168. The number of carbonyl (C=O) groups is 1. The van der Waals surface area contributed by atoms with Crippen LogP contribution in [0.15, 0.2) is 49.1 Å². The van der Waals surface area contributed by atoms with Crippen LogP contribution in [0.25, 0.3) is 0 Å². The lowest BCUT2D eigenvalue weighted by Gasteiger charge is -2.11. The predicted molar refractivity (Wildman–Crippen MR) is 73.4 cm³/mol. The average Bonchev–Trinajstić information content (AvgIpc) is 2.42. The van der Waals surface area contributed by atoms with Crippen LogP contribution in [0.5, 0.6) is 11.5 Å². The van der Waals surface area contributed by atoms with Crippen LogP contribution in [0.4, 0.5) is 0 Å². The first-order valence-electron chi connectivity index (χ1n) is 5.93. The van der Waals surface area contributed by atoms with Crippen molar-refractivity contribution in [1.29, 1.82) is 0 Å². The van der Waals surface area contributed by atoms with Gasteiger partial charge in [0.05, 0.1) is 0 Å². The monoisotopic (exact) mass is 262 g/mol. The SMILES string of the molecule is C=CCOc1ccccc1OCCOC(=O)C(=C)C. The van der Waals surface area contributed by atoms with Crippen molar-refractivity contribution in [1.82, 2.24) is 0 Å². The summed E-state index contributed by atoms with van der Waals surface area (Å²) in [5.41, 5.74) is 0.370. The van der Waals surface area contributed by atoms with E-state index in [0.717, 1.165) is 0 Å². The molecule has 102 valence electrons. The Hall–Kier alpha value is -2.23. The highest BCUT2D eigenvalue weighted by Gasteiger charge is 2.05. The van der Waals surface area contributed by atoms with Gasteiger partial charge in [0.15, 0.2) is 11.5 Å². The van der Waals surface area contributed by atoms with Gasteiger partial charge in [0, 0.05) is 5.57 Å². The maximum absolute atomic E-state index is 11.1. The Labute approximate surface area is 113 Å². The maximum atomic E-state index is 11.1. The Bertz CT molecular complexity index is 451. The molecular weight excluding hydrogens is 244 g/mol. The van der Waals surface area contributed by atoms with Gasteiger partial charge in [0.1, 0.15) is 19.8 Å². The van der Waals surface area contributed by atoms with Crippen LogP contribution in [0.1, 0.15) is 6.92 Å². The smallest absolute Gasteiger partial charge is 0.333 e. The molecule has 0 spiro atoms. The van der Waals surface area contributed by atoms with E-state index >= 15 is 0 Å². The highest BCUT2D eigenvalue weighted by Crippen LogP contribution is 2.26. The Morgan fingerprint density at radius 1 is 1.21 bits per heavy atom. The average molecular weight is 262 g/mol. The van der Waals surface area contributed by atoms with Crippen molar-refractivity contribution in [2.75, 3.05) is 19.8 Å². The first kappa shape index (κ1) is 14.8. The van der Waals surface area contributed by atoms with Crippen LogP contribution in [0, 0.1) is 0 Å². The summed E-state index contributed by atoms with van der Waals surface area (Å²) < 4.78 is 15.9. The summed E-state index contributed by atoms with van der Waals surface area (Å²) in [4.78, 5) is 11.1. The van der Waals surface area contributed by atoms with Gasteiger partial charge in [0.2, 0.25) is 0 Å². The number of hydrogen-bond acceptors (Lipinski definition) is 4. The summed E-state index contributed by atoms with van der Waals surface area (Å²) in [7, 11) is 0. The number of hydrogen-bond donors (Lipinski definition) is 0. The third-order valence-corrected chi connectivity index (χ3v) is 2.13. The largest absolute Gasteiger partial charge is 0.486 e. The van der Waals surface area contributed by atoms with Crippen molar-refractivity contribution < 1.29 is 19.0 Å². The lowest BCUT2D eigenvalue weighted by molar-refractivity contribution is -0.139. The number of esters is 1. The molecule has 0 aliphatic rings. The van der Waals surface area contributed by atoms with Crippen LogP contribution in [-0.2, 0) is 9.53 Å². The van der Waals surface area contributed by atoms with Crippen LogP contribution >= 0.6 is 0 Å². The molecule has 0 atom stereocenters. The quantitative estimate of drug-likeness (QED) is 0.313. The highest BCUT2D eigenvalue weighted by molar-refractivity contribution is 5.86. The van der Waals surface area contributed by atoms with E-state index in [-0.39, 0.29) is 13.2 Å². The summed E-state index contributed by atoms with van der Waals surface area (Å²) in [6.45, 7) is 9.51. The lowest BCUT2D eigenvalue weighted by atomic mass is 10.3. The Balaban J connectivity index is 2.42. The lowest BCUT2D eigenvalue weighted by Crippen LogP contribution is -2.12. The van der Waals surface area contributed by atoms with Crippen molar-refractivity contribution in [3.8, 4) is 11.5 Å². The van der Waals surface area contributed by atoms with Crippen LogP contribution in [0.3, 0.4) is 0 Å². The summed E-state index contributed by atoms with van der Waals surface area (Å²) in [5.74, 6) is 0.823. The zero-order chi connectivity index (χ0) is 14.1. The second-order valence-electron chi connectivity index (χ2n) is 3.81. The standard InChI is InChI=1S/C15H18O4/c1-4-9-17-13-7-5-6-8-14(13)18-10-11-19-15(16)12(2)3/h4-8H,1-2,9-11H2,3H3. The van der Waals surface area contributed by atoms with Gasteiger partial charge >= 0.3 is 5.97 Å². The fourth-order valence-corrected chi connectivity index (χ4v) is 1.25. The molecule has 0 radical (unpaired) electrons. The maximum Gasteiger partial charge on any atom is 0.333 e. The molecule has 0 unspecified atom stereocenters. The summed E-state index contributed by atoms with van der Waals surface area (Å²) in [6, 6.07) is 7.29. The van der Waals surface area contributed by atoms with Gasteiger partial charge < -0.3 is 14.2 Å². The molecule has 0 amide bonds. The number of rotatable bonds is 8. The van der Waals surface area contributed by atoms with Crippen molar-refractivity contribution in [3.05, 3.63) is 49.1 Å². The molecule has 0 saturated carbocycles. The van der Waals surface area contributed by atoms with E-state index in [9.17, 15) is 4.79 Å². The number of ether oxygens (including phenoxy) is 3. The molecule has 1 aromatic carbocycles. The minimum Gasteiger partial charge on any atom is -0.486 e. The number of para-hydroxylation sites is 2. The zero-order valence-corrected chi connectivity index (χ0v) is 11.1. The second-order valence-corrected chi connectivity index (χ2v) is 3.81. The summed E-state index contributed by atoms with van der Waals surface area (Å²) in [6.07, 6.45) is 1.66. The molecule has 4 nitrogen and oxygen atoms in total. The number of benzene rings is 1. The second kappa shape index (κ2) is 7.97. The van der Waals surface area contributed by atoms with Gasteiger partial charge in [-0.1, -0.05) is 31.4 Å². The molecule has 0 N–H and O–H groups in total. The normalized spacial score (nSPS) is 9.53. The van der Waals surface area contributed by atoms with Gasteiger partial charge in [-0.2, -0.15) is 0 Å². The van der Waals surface area contributed by atoms with Gasteiger partial charge in [-0.15, -0.1) is 0 Å². The zero-order valence-electron chi connectivity index (χ0n) is 11.1. The van der Waals surface area contributed by atoms with Gasteiger partial charge in [-0.05, 0) is 19.1 Å². The van der Waals surface area contributed by atoms with Crippen molar-refractivity contribution in [2.45, 2.75) is 6.92 Å². The molecule has 19 heavy (non-hydrogen) atoms. The topological polar surface area (TPSA) is 44.8 Å². The molecule has 1 aromatic rings. The van der Waals surface area contributed by atoms with Crippen LogP contribution < -0.4 is 9.47 Å². The first-order chi connectivity index (χ1) is 9.15. The molecule has 0 aromatic heterocycles. The fourth-order valence-electron chi connectivity index (χ4n) is 1.25. The third-order valence-electron chi connectivity index (χ3n) is 2.13. The molecule has 4 heteroatoms. The molecular formula is C15H18O4. The molecule has 0 fully saturated rings. The van der Waals surface area contributed by atoms with Crippen LogP contribution in [-0.4, -0.2) is 25.8 Å². The van der Waals surface area contributed by atoms with Crippen molar-refractivity contribution >= 4 is 5.97 Å². The molecule has 0 aliphatic heterocycles. The van der Waals surface area contributed by atoms with E-state index in [1.807, 2.05) is 12.1 Å². The van der Waals surface area contributed by atoms with E-state index in [0.29, 0.717) is 23.7 Å². The molecule has 0 heterocycles. The number of carbonyl (C=O) groups excluding carboxylic acids is 1. The fraction of sp³-hybridized carbons (Fsp3) is 0.267. The van der Waals surface area contributed by atoms with E-state index in [2.05, 4.69) is 13.2 Å². The van der Waals surface area contributed by atoms with Crippen LogP contribution in [0.2, 0.25) is 0 Å². The molecule has 0 aliphatic carbocycles. The predicted octanol–water partition coefficient (Wildman–Crippen LogP) is 2.75. The minimum atomic E-state index is -0.417. The Morgan fingerprint density at radius 2 is 1.84 bits per heavy atom.